The highest BCUT2D eigenvalue weighted by Gasteiger charge is 2.57. The molecule has 0 unspecified atom stereocenters. The molecule has 0 fully saturated rings. The topological polar surface area (TPSA) is 160 Å². The van der Waals surface area contributed by atoms with Crippen LogP contribution in [0.5, 0.6) is 5.75 Å². The van der Waals surface area contributed by atoms with E-state index in [0.717, 1.165) is 24.4 Å². The maximum atomic E-state index is 14.5. The highest BCUT2D eigenvalue weighted by atomic mass is 19.4. The number of rotatable bonds is 6. The Balaban J connectivity index is 1.58. The number of benzene rings is 2. The third-order valence-corrected chi connectivity index (χ3v) is 6.97. The van der Waals surface area contributed by atoms with Crippen LogP contribution < -0.4 is 21.3 Å². The van der Waals surface area contributed by atoms with Gasteiger partial charge >= 0.3 is 6.18 Å². The maximum absolute atomic E-state index is 14.5. The van der Waals surface area contributed by atoms with Crippen LogP contribution in [0.25, 0.3) is 22.3 Å². The average Bonchev–Trinajstić information content (AvgIpc) is 3.28. The number of ether oxygens (including phenoxy) is 1. The number of carbonyl (C=O) groups is 2. The van der Waals surface area contributed by atoms with Gasteiger partial charge in [0.2, 0.25) is 11.5 Å². The van der Waals surface area contributed by atoms with Crippen molar-refractivity contribution in [2.24, 2.45) is 5.73 Å². The van der Waals surface area contributed by atoms with Crippen LogP contribution in [0.2, 0.25) is 0 Å². The van der Waals surface area contributed by atoms with Crippen LogP contribution in [-0.2, 0) is 15.8 Å². The van der Waals surface area contributed by atoms with Crippen LogP contribution in [0, 0.1) is 5.82 Å². The number of nitrogens with two attached hydrogens (primary N) is 1. The number of H-pyrrole nitrogens is 1. The van der Waals surface area contributed by atoms with Gasteiger partial charge in [0.15, 0.2) is 0 Å². The third kappa shape index (κ3) is 4.75. The summed E-state index contributed by atoms with van der Waals surface area (Å²) in [5, 5.41) is 13.2. The highest BCUT2D eigenvalue weighted by Crippen LogP contribution is 2.47. The lowest BCUT2D eigenvalue weighted by Gasteiger charge is -2.31. The molecule has 2 atom stereocenters. The number of alkyl halides is 3. The molecule has 5 N–H and O–H groups in total. The SMILES string of the molecule is C[C@]1(C(N)=O)COc2c1cc([C@@](O)(CNC(=O)c1ccc3ncc(=O)[nH]c3c1)C(F)(F)F)nc2-c1ccc(F)cc1. The van der Waals surface area contributed by atoms with E-state index in [-0.39, 0.29) is 40.3 Å². The van der Waals surface area contributed by atoms with E-state index in [4.69, 9.17) is 10.5 Å². The summed E-state index contributed by atoms with van der Waals surface area (Å²) in [5.74, 6) is -2.56. The molecule has 2 amide bonds. The van der Waals surface area contributed by atoms with E-state index >= 15 is 0 Å². The van der Waals surface area contributed by atoms with Crippen LogP contribution in [0.1, 0.15) is 28.5 Å². The van der Waals surface area contributed by atoms with Crippen molar-refractivity contribution in [1.29, 1.82) is 0 Å². The standard InChI is InChI=1S/C27H21F4N5O5/c1-25(24(32)39)12-41-22-16(25)9-19(36-21(22)13-2-5-15(28)6-3-13)26(40,27(29,30)31)11-34-23(38)14-4-7-17-18(8-14)35-20(37)10-33-17/h2-10,40H,11-12H2,1H3,(H2,32,39)(H,34,38)(H,35,37)/t25-,26-/m0/s1. The minimum Gasteiger partial charge on any atom is -0.489 e. The minimum atomic E-state index is -5.37. The summed E-state index contributed by atoms with van der Waals surface area (Å²) in [6, 6.07) is 9.37. The van der Waals surface area contributed by atoms with Crippen molar-refractivity contribution in [3.8, 4) is 17.0 Å². The molecule has 1 aliphatic rings. The van der Waals surface area contributed by atoms with Crippen LogP contribution >= 0.6 is 0 Å². The summed E-state index contributed by atoms with van der Waals surface area (Å²) in [5.41, 5.74) is -0.986. The van der Waals surface area contributed by atoms with Gasteiger partial charge in [0, 0.05) is 16.7 Å². The largest absolute Gasteiger partial charge is 0.489 e. The van der Waals surface area contributed by atoms with Gasteiger partial charge in [-0.05, 0) is 55.5 Å². The number of nitrogens with zero attached hydrogens (tertiary/aromatic N) is 2. The Morgan fingerprint density at radius 3 is 2.54 bits per heavy atom. The Kier molecular flexibility index (Phi) is 6.53. The number of aromatic nitrogens is 3. The molecule has 1 aliphatic heterocycles. The van der Waals surface area contributed by atoms with Gasteiger partial charge in [-0.15, -0.1) is 0 Å². The van der Waals surface area contributed by atoms with Gasteiger partial charge in [-0.1, -0.05) is 0 Å². The first-order valence-electron chi connectivity index (χ1n) is 12.0. The lowest BCUT2D eigenvalue weighted by molar-refractivity contribution is -0.265. The average molecular weight is 571 g/mol. The quantitative estimate of drug-likeness (QED) is 0.259. The molecule has 0 spiro atoms. The summed E-state index contributed by atoms with van der Waals surface area (Å²) in [6.07, 6.45) is -4.34. The van der Waals surface area contributed by atoms with Gasteiger partial charge < -0.3 is 25.9 Å². The molecule has 2 aromatic heterocycles. The summed E-state index contributed by atoms with van der Waals surface area (Å²) < 4.78 is 62.8. The summed E-state index contributed by atoms with van der Waals surface area (Å²) in [6.45, 7) is -0.316. The first kappa shape index (κ1) is 27.7. The molecule has 212 valence electrons. The molecule has 4 aromatic rings. The number of primary amides is 1. The maximum Gasteiger partial charge on any atom is 0.424 e. The molecular weight excluding hydrogens is 550 g/mol. The number of pyridine rings is 1. The number of halogens is 4. The van der Waals surface area contributed by atoms with E-state index in [1.165, 1.54) is 37.3 Å². The Bertz CT molecular complexity index is 1760. The zero-order chi connectivity index (χ0) is 29.7. The number of fused-ring (bicyclic) bond motifs is 2. The molecule has 2 aromatic carbocycles. The van der Waals surface area contributed by atoms with Crippen LogP contribution in [-0.4, -0.2) is 51.2 Å². The normalized spacial score (nSPS) is 17.9. The second kappa shape index (κ2) is 9.66. The fourth-order valence-corrected chi connectivity index (χ4v) is 4.43. The molecule has 0 aliphatic carbocycles. The monoisotopic (exact) mass is 571 g/mol. The second-order valence-electron chi connectivity index (χ2n) is 9.74. The highest BCUT2D eigenvalue weighted by molar-refractivity contribution is 5.97. The summed E-state index contributed by atoms with van der Waals surface area (Å²) >= 11 is 0. The molecule has 0 saturated carbocycles. The second-order valence-corrected chi connectivity index (χ2v) is 9.74. The zero-order valence-electron chi connectivity index (χ0n) is 21.2. The van der Waals surface area contributed by atoms with E-state index in [0.29, 0.717) is 5.52 Å². The van der Waals surface area contributed by atoms with Crippen molar-refractivity contribution >= 4 is 22.8 Å². The molecule has 5 rings (SSSR count). The van der Waals surface area contributed by atoms with Gasteiger partial charge in [-0.2, -0.15) is 13.2 Å². The zero-order valence-corrected chi connectivity index (χ0v) is 21.2. The lowest BCUT2D eigenvalue weighted by atomic mass is 9.81. The Hall–Kier alpha value is -4.85. The molecular formula is C27H21F4N5O5. The van der Waals surface area contributed by atoms with Crippen molar-refractivity contribution in [1.82, 2.24) is 20.3 Å². The molecule has 0 saturated heterocycles. The molecule has 10 nitrogen and oxygen atoms in total. The Morgan fingerprint density at radius 1 is 1.17 bits per heavy atom. The summed E-state index contributed by atoms with van der Waals surface area (Å²) in [7, 11) is 0. The van der Waals surface area contributed by atoms with E-state index in [1.807, 2.05) is 0 Å². The van der Waals surface area contributed by atoms with Gasteiger partial charge in [0.25, 0.3) is 11.5 Å². The van der Waals surface area contributed by atoms with E-state index < -0.39 is 52.6 Å². The predicted molar refractivity (Wildman–Crippen MR) is 136 cm³/mol. The molecule has 14 heteroatoms. The van der Waals surface area contributed by atoms with Crippen molar-refractivity contribution < 1.29 is 37.0 Å². The van der Waals surface area contributed by atoms with Crippen LogP contribution in [0.15, 0.2) is 59.5 Å². The fraction of sp³-hybridized carbons (Fsp3) is 0.222. The minimum absolute atomic E-state index is 0.0472. The van der Waals surface area contributed by atoms with Crippen molar-refractivity contribution in [2.75, 3.05) is 13.2 Å². The van der Waals surface area contributed by atoms with Gasteiger partial charge in [0.1, 0.15) is 29.3 Å². The van der Waals surface area contributed by atoms with E-state index in [1.54, 1.807) is 0 Å². The smallest absolute Gasteiger partial charge is 0.424 e. The summed E-state index contributed by atoms with van der Waals surface area (Å²) in [4.78, 5) is 47.1. The van der Waals surface area contributed by atoms with Crippen LogP contribution in [0.4, 0.5) is 17.6 Å². The number of aromatic amines is 1. The van der Waals surface area contributed by atoms with Gasteiger partial charge in [0.05, 0.1) is 29.5 Å². The Morgan fingerprint density at radius 2 is 1.88 bits per heavy atom. The van der Waals surface area contributed by atoms with E-state index in [2.05, 4.69) is 20.3 Å². The first-order chi connectivity index (χ1) is 19.2. The number of hydrogen-bond donors (Lipinski definition) is 4. The van der Waals surface area contributed by atoms with Crippen molar-refractivity contribution in [3.05, 3.63) is 87.7 Å². The molecule has 3 heterocycles. The fourth-order valence-electron chi connectivity index (χ4n) is 4.43. The Labute approximate surface area is 228 Å². The third-order valence-electron chi connectivity index (χ3n) is 6.97. The predicted octanol–water partition coefficient (Wildman–Crippen LogP) is 2.44. The van der Waals surface area contributed by atoms with Crippen molar-refractivity contribution in [2.45, 2.75) is 24.1 Å². The number of amides is 2. The van der Waals surface area contributed by atoms with E-state index in [9.17, 15) is 37.1 Å². The van der Waals surface area contributed by atoms with Gasteiger partial charge in [-0.25, -0.2) is 14.4 Å². The number of aliphatic hydroxyl groups is 1. The molecule has 0 bridgehead atoms. The van der Waals surface area contributed by atoms with Gasteiger partial charge in [-0.3, -0.25) is 14.4 Å². The number of nitrogens with one attached hydrogen (secondary N) is 2. The van der Waals surface area contributed by atoms with Crippen LogP contribution in [0.3, 0.4) is 0 Å². The molecule has 41 heavy (non-hydrogen) atoms. The first-order valence-corrected chi connectivity index (χ1v) is 12.0. The number of carbonyl (C=O) groups excluding carboxylic acids is 2. The lowest BCUT2D eigenvalue weighted by Crippen LogP contribution is -2.51. The van der Waals surface area contributed by atoms with Crippen molar-refractivity contribution in [3.63, 3.8) is 0 Å². The molecule has 0 radical (unpaired) electrons. The number of hydrogen-bond acceptors (Lipinski definition) is 7.